The van der Waals surface area contributed by atoms with E-state index in [1.54, 1.807) is 6.20 Å². The fourth-order valence-corrected chi connectivity index (χ4v) is 2.94. The molecule has 0 amide bonds. The SMILES string of the molecule is Cc1cccc2c1nc(CCCl)n2C(C)c1cccnc1. The quantitative estimate of drug-likeness (QED) is 0.678. The summed E-state index contributed by atoms with van der Waals surface area (Å²) in [6.07, 6.45) is 4.48. The van der Waals surface area contributed by atoms with Crippen molar-refractivity contribution in [3.05, 3.63) is 59.7 Å². The minimum atomic E-state index is 0.184. The predicted octanol–water partition coefficient (Wildman–Crippen LogP) is 4.13. The van der Waals surface area contributed by atoms with Crippen molar-refractivity contribution in [1.82, 2.24) is 14.5 Å². The van der Waals surface area contributed by atoms with Crippen LogP contribution in [0.3, 0.4) is 0 Å². The second kappa shape index (κ2) is 5.86. The molecule has 0 radical (unpaired) electrons. The van der Waals surface area contributed by atoms with Crippen LogP contribution < -0.4 is 0 Å². The summed E-state index contributed by atoms with van der Waals surface area (Å²) >= 11 is 5.96. The maximum absolute atomic E-state index is 5.96. The van der Waals surface area contributed by atoms with Crippen LogP contribution in [0, 0.1) is 6.92 Å². The Morgan fingerprint density at radius 3 is 2.81 bits per heavy atom. The van der Waals surface area contributed by atoms with Gasteiger partial charge in [-0.05, 0) is 37.1 Å². The summed E-state index contributed by atoms with van der Waals surface area (Å²) in [4.78, 5) is 9.04. The van der Waals surface area contributed by atoms with Crippen LogP contribution in [0.2, 0.25) is 0 Å². The second-order valence-electron chi connectivity index (χ2n) is 5.24. The molecule has 0 fully saturated rings. The summed E-state index contributed by atoms with van der Waals surface area (Å²) in [6.45, 7) is 4.27. The molecular weight excluding hydrogens is 282 g/mol. The number of nitrogens with zero attached hydrogens (tertiary/aromatic N) is 3. The Bertz CT molecular complexity index is 749. The van der Waals surface area contributed by atoms with Crippen molar-refractivity contribution in [2.75, 3.05) is 5.88 Å². The molecule has 4 heteroatoms. The second-order valence-corrected chi connectivity index (χ2v) is 5.62. The minimum absolute atomic E-state index is 0.184. The van der Waals surface area contributed by atoms with Crippen molar-refractivity contribution in [2.45, 2.75) is 26.3 Å². The molecule has 0 N–H and O–H groups in total. The molecule has 1 unspecified atom stereocenters. The fraction of sp³-hybridized carbons (Fsp3) is 0.294. The minimum Gasteiger partial charge on any atom is -0.321 e. The number of para-hydroxylation sites is 1. The Hall–Kier alpha value is -1.87. The summed E-state index contributed by atoms with van der Waals surface area (Å²) < 4.78 is 2.28. The Kier molecular flexibility index (Phi) is 3.93. The van der Waals surface area contributed by atoms with Gasteiger partial charge in [-0.3, -0.25) is 4.98 Å². The third-order valence-electron chi connectivity index (χ3n) is 3.87. The van der Waals surface area contributed by atoms with Crippen LogP contribution in [0.25, 0.3) is 11.0 Å². The highest BCUT2D eigenvalue weighted by atomic mass is 35.5. The topological polar surface area (TPSA) is 30.7 Å². The van der Waals surface area contributed by atoms with Gasteiger partial charge in [0.05, 0.1) is 17.1 Å². The van der Waals surface area contributed by atoms with Crippen LogP contribution in [0.4, 0.5) is 0 Å². The van der Waals surface area contributed by atoms with E-state index in [1.165, 1.54) is 11.1 Å². The molecule has 108 valence electrons. The number of hydrogen-bond donors (Lipinski definition) is 0. The van der Waals surface area contributed by atoms with Gasteiger partial charge in [-0.15, -0.1) is 11.6 Å². The molecule has 0 aliphatic carbocycles. The molecule has 3 aromatic rings. The van der Waals surface area contributed by atoms with Gasteiger partial charge in [0.2, 0.25) is 0 Å². The normalized spacial score (nSPS) is 12.7. The van der Waals surface area contributed by atoms with Crippen molar-refractivity contribution in [3.63, 3.8) is 0 Å². The fourth-order valence-electron chi connectivity index (χ4n) is 2.77. The average molecular weight is 300 g/mol. The van der Waals surface area contributed by atoms with Crippen molar-refractivity contribution in [2.24, 2.45) is 0 Å². The number of hydrogen-bond acceptors (Lipinski definition) is 2. The highest BCUT2D eigenvalue weighted by Gasteiger charge is 2.17. The van der Waals surface area contributed by atoms with E-state index in [9.17, 15) is 0 Å². The molecule has 1 atom stereocenters. The summed E-state index contributed by atoms with van der Waals surface area (Å²) in [7, 11) is 0. The number of pyridine rings is 1. The van der Waals surface area contributed by atoms with Gasteiger partial charge in [0.25, 0.3) is 0 Å². The lowest BCUT2D eigenvalue weighted by atomic mass is 10.1. The first-order valence-electron chi connectivity index (χ1n) is 7.14. The van der Waals surface area contributed by atoms with Gasteiger partial charge in [0.1, 0.15) is 5.82 Å². The first-order valence-corrected chi connectivity index (χ1v) is 7.68. The molecule has 0 saturated heterocycles. The number of aromatic nitrogens is 3. The maximum atomic E-state index is 5.96. The zero-order valence-electron chi connectivity index (χ0n) is 12.3. The van der Waals surface area contributed by atoms with Crippen LogP contribution in [0.15, 0.2) is 42.7 Å². The molecule has 0 spiro atoms. The van der Waals surface area contributed by atoms with E-state index in [0.717, 1.165) is 23.3 Å². The number of aryl methyl sites for hydroxylation is 2. The summed E-state index contributed by atoms with van der Waals surface area (Å²) in [5.41, 5.74) is 4.59. The van der Waals surface area contributed by atoms with Crippen LogP contribution in [-0.2, 0) is 6.42 Å². The molecule has 21 heavy (non-hydrogen) atoms. The molecule has 0 saturated carbocycles. The number of alkyl halides is 1. The smallest absolute Gasteiger partial charge is 0.111 e. The zero-order valence-corrected chi connectivity index (χ0v) is 13.0. The van der Waals surface area contributed by atoms with Gasteiger partial charge in [-0.1, -0.05) is 18.2 Å². The number of benzene rings is 1. The predicted molar refractivity (Wildman–Crippen MR) is 86.9 cm³/mol. The van der Waals surface area contributed by atoms with Crippen molar-refractivity contribution in [1.29, 1.82) is 0 Å². The summed E-state index contributed by atoms with van der Waals surface area (Å²) in [5.74, 6) is 1.60. The average Bonchev–Trinajstić information content (AvgIpc) is 2.87. The van der Waals surface area contributed by atoms with Gasteiger partial charge >= 0.3 is 0 Å². The maximum Gasteiger partial charge on any atom is 0.111 e. The van der Waals surface area contributed by atoms with Crippen LogP contribution >= 0.6 is 11.6 Å². The zero-order chi connectivity index (χ0) is 14.8. The number of halogens is 1. The Morgan fingerprint density at radius 1 is 1.24 bits per heavy atom. The van der Waals surface area contributed by atoms with E-state index >= 15 is 0 Å². The van der Waals surface area contributed by atoms with E-state index in [1.807, 2.05) is 12.3 Å². The van der Waals surface area contributed by atoms with Gasteiger partial charge in [-0.25, -0.2) is 4.98 Å². The standard InChI is InChI=1S/C17H18ClN3/c1-12-5-3-7-15-17(12)20-16(8-9-18)21(15)13(2)14-6-4-10-19-11-14/h3-7,10-11,13H,8-9H2,1-2H3. The van der Waals surface area contributed by atoms with Crippen molar-refractivity contribution < 1.29 is 0 Å². The van der Waals surface area contributed by atoms with Gasteiger partial charge in [0, 0.05) is 24.7 Å². The lowest BCUT2D eigenvalue weighted by molar-refractivity contribution is 0.621. The lowest BCUT2D eigenvalue weighted by Crippen LogP contribution is -2.11. The molecule has 1 aromatic carbocycles. The molecule has 2 aromatic heterocycles. The summed E-state index contributed by atoms with van der Waals surface area (Å²) in [5, 5.41) is 0. The molecule has 0 aliphatic rings. The van der Waals surface area contributed by atoms with Crippen molar-refractivity contribution >= 4 is 22.6 Å². The van der Waals surface area contributed by atoms with Gasteiger partial charge in [-0.2, -0.15) is 0 Å². The number of imidazole rings is 1. The third-order valence-corrected chi connectivity index (χ3v) is 4.06. The molecular formula is C17H18ClN3. The Morgan fingerprint density at radius 2 is 2.10 bits per heavy atom. The van der Waals surface area contributed by atoms with E-state index in [4.69, 9.17) is 16.6 Å². The number of rotatable bonds is 4. The first-order chi connectivity index (χ1) is 10.2. The molecule has 0 aliphatic heterocycles. The highest BCUT2D eigenvalue weighted by Crippen LogP contribution is 2.27. The Balaban J connectivity index is 2.20. The molecule has 3 nitrogen and oxygen atoms in total. The molecule has 3 rings (SSSR count). The van der Waals surface area contributed by atoms with E-state index in [-0.39, 0.29) is 6.04 Å². The van der Waals surface area contributed by atoms with E-state index in [0.29, 0.717) is 5.88 Å². The van der Waals surface area contributed by atoms with Crippen molar-refractivity contribution in [3.8, 4) is 0 Å². The summed E-state index contributed by atoms with van der Waals surface area (Å²) in [6, 6.07) is 10.6. The lowest BCUT2D eigenvalue weighted by Gasteiger charge is -2.17. The monoisotopic (exact) mass is 299 g/mol. The van der Waals surface area contributed by atoms with Gasteiger partial charge < -0.3 is 4.57 Å². The highest BCUT2D eigenvalue weighted by molar-refractivity contribution is 6.17. The van der Waals surface area contributed by atoms with Gasteiger partial charge in [0.15, 0.2) is 0 Å². The van der Waals surface area contributed by atoms with E-state index < -0.39 is 0 Å². The number of fused-ring (bicyclic) bond motifs is 1. The third kappa shape index (κ3) is 2.54. The van der Waals surface area contributed by atoms with E-state index in [2.05, 4.69) is 47.7 Å². The van der Waals surface area contributed by atoms with Crippen LogP contribution in [0.5, 0.6) is 0 Å². The van der Waals surface area contributed by atoms with Crippen LogP contribution in [-0.4, -0.2) is 20.4 Å². The van der Waals surface area contributed by atoms with Crippen LogP contribution in [0.1, 0.15) is 29.9 Å². The Labute approximate surface area is 129 Å². The molecule has 2 heterocycles. The largest absolute Gasteiger partial charge is 0.321 e. The first kappa shape index (κ1) is 14.1. The molecule has 0 bridgehead atoms.